The molecule has 1 aliphatic heterocycles. The Labute approximate surface area is 269 Å². The highest BCUT2D eigenvalue weighted by molar-refractivity contribution is 6.22. The van der Waals surface area contributed by atoms with Crippen LogP contribution in [0.3, 0.4) is 0 Å². The first-order valence-corrected chi connectivity index (χ1v) is 16.3. The van der Waals surface area contributed by atoms with E-state index in [4.69, 9.17) is 4.99 Å². The Balaban J connectivity index is 1.32. The normalized spacial score (nSPS) is 17.1. The molecule has 46 heavy (non-hydrogen) atoms. The molecular formula is C45H33N. The molecule has 0 bridgehead atoms. The molecule has 0 amide bonds. The molecule has 1 unspecified atom stereocenters. The van der Waals surface area contributed by atoms with Gasteiger partial charge in [-0.3, -0.25) is 4.99 Å². The highest BCUT2D eigenvalue weighted by Crippen LogP contribution is 2.45. The minimum Gasteiger partial charge on any atom is -0.281 e. The van der Waals surface area contributed by atoms with Gasteiger partial charge in [-0.2, -0.15) is 0 Å². The Morgan fingerprint density at radius 2 is 1.09 bits per heavy atom. The van der Waals surface area contributed by atoms with Gasteiger partial charge in [-0.25, -0.2) is 0 Å². The van der Waals surface area contributed by atoms with E-state index in [9.17, 15) is 0 Å². The van der Waals surface area contributed by atoms with Crippen LogP contribution in [-0.4, -0.2) is 11.8 Å². The Morgan fingerprint density at radius 1 is 0.500 bits per heavy atom. The van der Waals surface area contributed by atoms with Crippen molar-refractivity contribution in [2.24, 2.45) is 10.9 Å². The van der Waals surface area contributed by atoms with Crippen molar-refractivity contribution in [2.75, 3.05) is 0 Å². The first-order valence-electron chi connectivity index (χ1n) is 16.3. The molecule has 9 rings (SSSR count). The largest absolute Gasteiger partial charge is 0.281 e. The van der Waals surface area contributed by atoms with Crippen LogP contribution in [0.1, 0.15) is 18.1 Å². The summed E-state index contributed by atoms with van der Waals surface area (Å²) in [6.45, 7) is 2.18. The van der Waals surface area contributed by atoms with E-state index < -0.39 is 0 Å². The van der Waals surface area contributed by atoms with E-state index in [-0.39, 0.29) is 6.04 Å². The fraction of sp³-hybridized carbons (Fsp3) is 0.0889. The molecule has 7 aromatic carbocycles. The SMILES string of the molecule is CC1=NC2C=CC=C[C@H]2Cc2ccccc2-c2cc(-c3c4ccccc4c(-c4ccc5ccccc5c4)c4ccccc34)ccc21. The van der Waals surface area contributed by atoms with Crippen molar-refractivity contribution in [3.63, 3.8) is 0 Å². The van der Waals surface area contributed by atoms with Crippen LogP contribution in [-0.2, 0) is 6.42 Å². The Morgan fingerprint density at radius 3 is 1.83 bits per heavy atom. The van der Waals surface area contributed by atoms with Crippen LogP contribution in [0.5, 0.6) is 0 Å². The van der Waals surface area contributed by atoms with Crippen molar-refractivity contribution in [1.82, 2.24) is 0 Å². The Bertz CT molecular complexity index is 2360. The van der Waals surface area contributed by atoms with Crippen LogP contribution >= 0.6 is 0 Å². The van der Waals surface area contributed by atoms with Gasteiger partial charge in [0.2, 0.25) is 0 Å². The van der Waals surface area contributed by atoms with Gasteiger partial charge in [0.1, 0.15) is 0 Å². The van der Waals surface area contributed by atoms with E-state index in [1.165, 1.54) is 76.8 Å². The van der Waals surface area contributed by atoms with E-state index in [1.54, 1.807) is 0 Å². The van der Waals surface area contributed by atoms with Gasteiger partial charge in [-0.05, 0) is 96.7 Å². The Kier molecular flexibility index (Phi) is 6.31. The van der Waals surface area contributed by atoms with Crippen LogP contribution in [0.4, 0.5) is 0 Å². The van der Waals surface area contributed by atoms with Crippen LogP contribution in [0.15, 0.2) is 163 Å². The summed E-state index contributed by atoms with van der Waals surface area (Å²) in [5, 5.41) is 7.61. The third-order valence-corrected chi connectivity index (χ3v) is 9.99. The maximum Gasteiger partial charge on any atom is 0.0752 e. The summed E-state index contributed by atoms with van der Waals surface area (Å²) >= 11 is 0. The average Bonchev–Trinajstić information content (AvgIpc) is 3.15. The predicted octanol–water partition coefficient (Wildman–Crippen LogP) is 11.6. The molecule has 2 aliphatic rings. The van der Waals surface area contributed by atoms with E-state index >= 15 is 0 Å². The highest BCUT2D eigenvalue weighted by Gasteiger charge is 2.25. The first-order chi connectivity index (χ1) is 22.7. The van der Waals surface area contributed by atoms with E-state index in [0.717, 1.165) is 12.1 Å². The van der Waals surface area contributed by atoms with Gasteiger partial charge < -0.3 is 0 Å². The van der Waals surface area contributed by atoms with Gasteiger partial charge in [0, 0.05) is 17.2 Å². The van der Waals surface area contributed by atoms with Crippen LogP contribution in [0.2, 0.25) is 0 Å². The second-order valence-electron chi connectivity index (χ2n) is 12.7. The number of allylic oxidation sites excluding steroid dienone is 2. The molecule has 1 heteroatoms. The predicted molar refractivity (Wildman–Crippen MR) is 197 cm³/mol. The molecule has 1 aliphatic carbocycles. The van der Waals surface area contributed by atoms with E-state index in [1.807, 2.05) is 0 Å². The summed E-state index contributed by atoms with van der Waals surface area (Å²) in [5.41, 5.74) is 11.3. The maximum absolute atomic E-state index is 5.29. The zero-order valence-corrected chi connectivity index (χ0v) is 25.8. The van der Waals surface area contributed by atoms with Gasteiger partial charge >= 0.3 is 0 Å². The number of rotatable bonds is 2. The topological polar surface area (TPSA) is 12.4 Å². The molecule has 218 valence electrons. The van der Waals surface area contributed by atoms with Crippen molar-refractivity contribution >= 4 is 38.0 Å². The van der Waals surface area contributed by atoms with Gasteiger partial charge in [0.25, 0.3) is 0 Å². The number of benzene rings is 7. The molecular weight excluding hydrogens is 555 g/mol. The summed E-state index contributed by atoms with van der Waals surface area (Å²) in [7, 11) is 0. The molecule has 0 saturated heterocycles. The van der Waals surface area contributed by atoms with Crippen LogP contribution < -0.4 is 0 Å². The smallest absolute Gasteiger partial charge is 0.0752 e. The fourth-order valence-corrected chi connectivity index (χ4v) is 7.81. The number of hydrogen-bond donors (Lipinski definition) is 0. The molecule has 1 heterocycles. The third-order valence-electron chi connectivity index (χ3n) is 9.99. The Hall–Kier alpha value is -5.53. The quantitative estimate of drug-likeness (QED) is 0.178. The molecule has 0 fully saturated rings. The van der Waals surface area contributed by atoms with Crippen LogP contribution in [0, 0.1) is 5.92 Å². The van der Waals surface area contributed by atoms with Crippen molar-refractivity contribution in [3.8, 4) is 33.4 Å². The molecule has 0 saturated carbocycles. The van der Waals surface area contributed by atoms with E-state index in [0.29, 0.717) is 5.92 Å². The minimum absolute atomic E-state index is 0.152. The fourth-order valence-electron chi connectivity index (χ4n) is 7.81. The van der Waals surface area contributed by atoms with Crippen molar-refractivity contribution < 1.29 is 0 Å². The molecule has 1 nitrogen and oxygen atoms in total. The third kappa shape index (κ3) is 4.35. The lowest BCUT2D eigenvalue weighted by Gasteiger charge is -2.21. The number of nitrogens with zero attached hydrogens (tertiary/aromatic N) is 1. The molecule has 0 spiro atoms. The van der Waals surface area contributed by atoms with Gasteiger partial charge in [-0.1, -0.05) is 146 Å². The summed E-state index contributed by atoms with van der Waals surface area (Å²) in [6.07, 6.45) is 9.87. The maximum atomic E-state index is 5.29. The lowest BCUT2D eigenvalue weighted by atomic mass is 9.83. The number of hydrogen-bond acceptors (Lipinski definition) is 1. The average molecular weight is 588 g/mol. The van der Waals surface area contributed by atoms with Gasteiger partial charge in [0.05, 0.1) is 6.04 Å². The van der Waals surface area contributed by atoms with Gasteiger partial charge in [0.15, 0.2) is 0 Å². The monoisotopic (exact) mass is 587 g/mol. The lowest BCUT2D eigenvalue weighted by Crippen LogP contribution is -2.20. The van der Waals surface area contributed by atoms with Crippen molar-refractivity contribution in [1.29, 1.82) is 0 Å². The highest BCUT2D eigenvalue weighted by atomic mass is 14.8. The standard InChI is InChI=1S/C45H33N/c1-29-36-25-24-35(28-42(36)37-16-6-4-14-32(37)27-33-15-5-11-21-43(33)46-29)45-40-19-9-7-17-38(40)44(39-18-8-10-20-41(39)45)34-23-22-30-12-2-3-13-31(30)26-34/h2-26,28,33,43H,27H2,1H3/t33-,43?/m0/s1. The summed E-state index contributed by atoms with van der Waals surface area (Å²) in [4.78, 5) is 5.29. The van der Waals surface area contributed by atoms with E-state index in [2.05, 4.69) is 165 Å². The summed E-state index contributed by atoms with van der Waals surface area (Å²) < 4.78 is 0. The van der Waals surface area contributed by atoms with Crippen molar-refractivity contribution in [3.05, 3.63) is 169 Å². The lowest BCUT2D eigenvalue weighted by molar-refractivity contribution is 0.571. The number of aliphatic imine (C=N–C) groups is 1. The second-order valence-corrected chi connectivity index (χ2v) is 12.7. The minimum atomic E-state index is 0.152. The molecule has 7 aromatic rings. The summed E-state index contributed by atoms with van der Waals surface area (Å²) in [6, 6.07) is 49.6. The zero-order valence-electron chi connectivity index (χ0n) is 25.8. The second kappa shape index (κ2) is 10.8. The summed E-state index contributed by atoms with van der Waals surface area (Å²) in [5.74, 6) is 0.352. The molecule has 2 atom stereocenters. The first kappa shape index (κ1) is 26.8. The number of fused-ring (bicyclic) bond motifs is 7. The molecule has 0 aromatic heterocycles. The van der Waals surface area contributed by atoms with Gasteiger partial charge in [-0.15, -0.1) is 0 Å². The molecule has 0 radical (unpaired) electrons. The van der Waals surface area contributed by atoms with Crippen molar-refractivity contribution in [2.45, 2.75) is 19.4 Å². The van der Waals surface area contributed by atoms with Crippen LogP contribution in [0.25, 0.3) is 65.7 Å². The zero-order chi connectivity index (χ0) is 30.6. The molecule has 0 N–H and O–H groups in total.